The first-order valence-corrected chi connectivity index (χ1v) is 5.18. The van der Waals surface area contributed by atoms with Crippen molar-refractivity contribution in [2.24, 2.45) is 5.73 Å². The van der Waals surface area contributed by atoms with Crippen molar-refractivity contribution in [1.29, 1.82) is 0 Å². The Hall–Kier alpha value is -1.29. The average molecular weight is 208 g/mol. The second-order valence-electron chi connectivity index (χ2n) is 4.27. The molecule has 1 fully saturated rings. The second kappa shape index (κ2) is 3.38. The Morgan fingerprint density at radius 1 is 1.67 bits per heavy atom. The van der Waals surface area contributed by atoms with E-state index in [1.165, 1.54) is 6.26 Å². The minimum absolute atomic E-state index is 0.0239. The van der Waals surface area contributed by atoms with Gasteiger partial charge in [-0.25, -0.2) is 0 Å². The third-order valence-corrected chi connectivity index (χ3v) is 3.09. The molecule has 2 heterocycles. The largest absolute Gasteiger partial charge is 0.469 e. The number of nitrogens with zero attached hydrogens (tertiary/aromatic N) is 1. The third-order valence-electron chi connectivity index (χ3n) is 3.09. The van der Waals surface area contributed by atoms with Gasteiger partial charge in [0.1, 0.15) is 5.76 Å². The molecule has 15 heavy (non-hydrogen) atoms. The lowest BCUT2D eigenvalue weighted by Gasteiger charge is -2.47. The van der Waals surface area contributed by atoms with E-state index in [1.807, 2.05) is 6.92 Å². The predicted octanol–water partition coefficient (Wildman–Crippen LogP) is 1.15. The van der Waals surface area contributed by atoms with E-state index in [0.717, 1.165) is 6.42 Å². The van der Waals surface area contributed by atoms with E-state index in [2.05, 4.69) is 0 Å². The zero-order chi connectivity index (χ0) is 11.1. The van der Waals surface area contributed by atoms with E-state index in [0.29, 0.717) is 24.4 Å². The molecular formula is C11H16N2O2. The summed E-state index contributed by atoms with van der Waals surface area (Å²) in [5.74, 6) is 0.696. The Labute approximate surface area is 89.0 Å². The maximum absolute atomic E-state index is 11.9. The average Bonchev–Trinajstić information content (AvgIpc) is 2.58. The maximum Gasteiger partial charge on any atom is 0.257 e. The molecule has 4 nitrogen and oxygen atoms in total. The summed E-state index contributed by atoms with van der Waals surface area (Å²) >= 11 is 0. The van der Waals surface area contributed by atoms with E-state index >= 15 is 0 Å². The van der Waals surface area contributed by atoms with Gasteiger partial charge in [-0.1, -0.05) is 6.92 Å². The first-order chi connectivity index (χ1) is 7.06. The lowest BCUT2D eigenvalue weighted by Crippen LogP contribution is -2.68. The summed E-state index contributed by atoms with van der Waals surface area (Å²) in [5.41, 5.74) is 6.48. The molecule has 1 saturated heterocycles. The highest BCUT2D eigenvalue weighted by atomic mass is 16.3. The van der Waals surface area contributed by atoms with Crippen molar-refractivity contribution in [1.82, 2.24) is 4.90 Å². The summed E-state index contributed by atoms with van der Waals surface area (Å²) in [5, 5.41) is 0. The molecule has 0 spiro atoms. The van der Waals surface area contributed by atoms with Crippen LogP contribution in [0.15, 0.2) is 16.7 Å². The molecule has 2 rings (SSSR count). The zero-order valence-corrected chi connectivity index (χ0v) is 9.12. The molecule has 0 unspecified atom stereocenters. The number of aryl methyl sites for hydroxylation is 1. The Morgan fingerprint density at radius 2 is 2.33 bits per heavy atom. The molecule has 1 aromatic rings. The number of furan rings is 1. The van der Waals surface area contributed by atoms with Crippen molar-refractivity contribution >= 4 is 5.91 Å². The summed E-state index contributed by atoms with van der Waals surface area (Å²) in [4.78, 5) is 13.7. The Bertz CT molecular complexity index is 378. The quantitative estimate of drug-likeness (QED) is 0.793. The van der Waals surface area contributed by atoms with Crippen LogP contribution in [0.3, 0.4) is 0 Å². The molecule has 0 saturated carbocycles. The van der Waals surface area contributed by atoms with Crippen molar-refractivity contribution < 1.29 is 9.21 Å². The standard InChI is InChI=1S/C11H16N2O2/c1-3-11(12)6-13(7-11)10(14)9-4-5-15-8(9)2/h4-5H,3,6-7,12H2,1-2H3. The molecule has 0 bridgehead atoms. The van der Waals surface area contributed by atoms with Crippen molar-refractivity contribution in [3.63, 3.8) is 0 Å². The fourth-order valence-corrected chi connectivity index (χ4v) is 1.86. The highest BCUT2D eigenvalue weighted by Gasteiger charge is 2.41. The number of hydrogen-bond acceptors (Lipinski definition) is 3. The van der Waals surface area contributed by atoms with E-state index in [4.69, 9.17) is 10.2 Å². The van der Waals surface area contributed by atoms with Crippen LogP contribution in [0.2, 0.25) is 0 Å². The molecule has 82 valence electrons. The van der Waals surface area contributed by atoms with Crippen molar-refractivity contribution in [2.75, 3.05) is 13.1 Å². The molecule has 2 N–H and O–H groups in total. The fourth-order valence-electron chi connectivity index (χ4n) is 1.86. The van der Waals surface area contributed by atoms with Gasteiger partial charge in [-0.3, -0.25) is 4.79 Å². The first kappa shape index (κ1) is 10.2. The highest BCUT2D eigenvalue weighted by molar-refractivity contribution is 5.95. The number of carbonyl (C=O) groups is 1. The summed E-state index contributed by atoms with van der Waals surface area (Å²) in [6.07, 6.45) is 2.44. The molecule has 1 aliphatic heterocycles. The molecule has 0 aliphatic carbocycles. The second-order valence-corrected chi connectivity index (χ2v) is 4.27. The topological polar surface area (TPSA) is 59.5 Å². The Morgan fingerprint density at radius 3 is 2.80 bits per heavy atom. The van der Waals surface area contributed by atoms with Gasteiger partial charge in [-0.15, -0.1) is 0 Å². The third kappa shape index (κ3) is 1.65. The predicted molar refractivity (Wildman–Crippen MR) is 56.6 cm³/mol. The smallest absolute Gasteiger partial charge is 0.257 e. The summed E-state index contributed by atoms with van der Waals surface area (Å²) in [6, 6.07) is 1.71. The number of hydrogen-bond donors (Lipinski definition) is 1. The van der Waals surface area contributed by atoms with Gasteiger partial charge in [0.2, 0.25) is 0 Å². The molecule has 0 aromatic carbocycles. The molecule has 0 radical (unpaired) electrons. The number of nitrogens with two attached hydrogens (primary N) is 1. The van der Waals surface area contributed by atoms with Crippen LogP contribution in [0.25, 0.3) is 0 Å². The van der Waals surface area contributed by atoms with Crippen LogP contribution < -0.4 is 5.73 Å². The van der Waals surface area contributed by atoms with E-state index in [9.17, 15) is 4.79 Å². The van der Waals surface area contributed by atoms with Crippen LogP contribution >= 0.6 is 0 Å². The van der Waals surface area contributed by atoms with Crippen LogP contribution in [0.4, 0.5) is 0 Å². The van der Waals surface area contributed by atoms with Gasteiger partial charge in [0, 0.05) is 13.1 Å². The minimum atomic E-state index is -0.173. The van der Waals surface area contributed by atoms with E-state index in [-0.39, 0.29) is 11.4 Å². The van der Waals surface area contributed by atoms with Gasteiger partial charge in [-0.2, -0.15) is 0 Å². The Kier molecular flexibility index (Phi) is 2.31. The molecule has 1 aromatic heterocycles. The lowest BCUT2D eigenvalue weighted by molar-refractivity contribution is 0.0399. The Balaban J connectivity index is 2.04. The monoisotopic (exact) mass is 208 g/mol. The van der Waals surface area contributed by atoms with Crippen LogP contribution in [0, 0.1) is 6.92 Å². The van der Waals surface area contributed by atoms with Crippen LogP contribution in [0.1, 0.15) is 29.5 Å². The van der Waals surface area contributed by atoms with Gasteiger partial charge in [0.15, 0.2) is 0 Å². The number of likely N-dealkylation sites (tertiary alicyclic amines) is 1. The van der Waals surface area contributed by atoms with Gasteiger partial charge in [0.05, 0.1) is 17.4 Å². The van der Waals surface area contributed by atoms with Gasteiger partial charge in [-0.05, 0) is 19.4 Å². The lowest BCUT2D eigenvalue weighted by atomic mass is 9.88. The van der Waals surface area contributed by atoms with Gasteiger partial charge < -0.3 is 15.1 Å². The normalized spacial score (nSPS) is 18.7. The van der Waals surface area contributed by atoms with Gasteiger partial charge >= 0.3 is 0 Å². The van der Waals surface area contributed by atoms with E-state index in [1.54, 1.807) is 17.9 Å². The van der Waals surface area contributed by atoms with Crippen molar-refractivity contribution in [3.05, 3.63) is 23.7 Å². The molecule has 1 amide bonds. The molecule has 1 aliphatic rings. The SMILES string of the molecule is CCC1(N)CN(C(=O)c2ccoc2C)C1. The molecular weight excluding hydrogens is 192 g/mol. The number of carbonyl (C=O) groups excluding carboxylic acids is 1. The van der Waals surface area contributed by atoms with Crippen molar-refractivity contribution in [2.45, 2.75) is 25.8 Å². The van der Waals surface area contributed by atoms with Crippen LogP contribution in [-0.2, 0) is 0 Å². The number of amides is 1. The van der Waals surface area contributed by atoms with E-state index < -0.39 is 0 Å². The van der Waals surface area contributed by atoms with Crippen LogP contribution in [0.5, 0.6) is 0 Å². The molecule has 0 atom stereocenters. The summed E-state index contributed by atoms with van der Waals surface area (Å²) < 4.78 is 5.10. The number of rotatable bonds is 2. The van der Waals surface area contributed by atoms with Gasteiger partial charge in [0.25, 0.3) is 5.91 Å². The van der Waals surface area contributed by atoms with Crippen LogP contribution in [-0.4, -0.2) is 29.4 Å². The zero-order valence-electron chi connectivity index (χ0n) is 9.12. The summed E-state index contributed by atoms with van der Waals surface area (Å²) in [7, 11) is 0. The maximum atomic E-state index is 11.9. The highest BCUT2D eigenvalue weighted by Crippen LogP contribution is 2.24. The molecule has 4 heteroatoms. The van der Waals surface area contributed by atoms with Crippen molar-refractivity contribution in [3.8, 4) is 0 Å². The fraction of sp³-hybridized carbons (Fsp3) is 0.545. The summed E-state index contributed by atoms with van der Waals surface area (Å²) in [6.45, 7) is 5.13. The first-order valence-electron chi connectivity index (χ1n) is 5.18. The minimum Gasteiger partial charge on any atom is -0.469 e.